The van der Waals surface area contributed by atoms with E-state index in [2.05, 4.69) is 5.32 Å². The van der Waals surface area contributed by atoms with Crippen molar-refractivity contribution in [3.63, 3.8) is 0 Å². The zero-order valence-electron chi connectivity index (χ0n) is 13.6. The third-order valence-corrected chi connectivity index (χ3v) is 3.38. The largest absolute Gasteiger partial charge is 0.493 e. The van der Waals surface area contributed by atoms with E-state index in [9.17, 15) is 4.79 Å². The highest BCUT2D eigenvalue weighted by Gasteiger charge is 2.17. The number of methoxy groups -OCH3 is 3. The van der Waals surface area contributed by atoms with Crippen LogP contribution in [0.1, 0.15) is 15.9 Å². The van der Waals surface area contributed by atoms with Gasteiger partial charge in [-0.1, -0.05) is 6.07 Å². The molecule has 2 aromatic carbocycles. The Hall–Kier alpha value is -2.89. The lowest BCUT2D eigenvalue weighted by Gasteiger charge is -2.14. The van der Waals surface area contributed by atoms with E-state index in [1.54, 1.807) is 24.3 Å². The zero-order valence-corrected chi connectivity index (χ0v) is 13.6. The van der Waals surface area contributed by atoms with Crippen molar-refractivity contribution in [2.75, 3.05) is 32.4 Å². The molecule has 0 unspecified atom stereocenters. The number of hydrogen-bond acceptors (Lipinski definition) is 5. The second kappa shape index (κ2) is 6.91. The fraction of sp³-hybridized carbons (Fsp3) is 0.235. The molecule has 0 spiro atoms. The van der Waals surface area contributed by atoms with Crippen molar-refractivity contribution in [1.29, 1.82) is 0 Å². The van der Waals surface area contributed by atoms with Gasteiger partial charge in [-0.3, -0.25) is 4.79 Å². The summed E-state index contributed by atoms with van der Waals surface area (Å²) in [4.78, 5) is 12.5. The molecule has 0 fully saturated rings. The molecule has 0 heterocycles. The molecule has 6 heteroatoms. The van der Waals surface area contributed by atoms with E-state index in [0.29, 0.717) is 34.2 Å². The number of anilines is 2. The first-order chi connectivity index (χ1) is 11.0. The Kier molecular flexibility index (Phi) is 4.95. The Morgan fingerprint density at radius 1 is 1.00 bits per heavy atom. The highest BCUT2D eigenvalue weighted by Crippen LogP contribution is 2.38. The second-order valence-electron chi connectivity index (χ2n) is 4.96. The molecule has 2 aromatic rings. The molecular formula is C17H20N2O4. The average molecular weight is 316 g/mol. The Morgan fingerprint density at radius 2 is 1.61 bits per heavy atom. The molecule has 2 rings (SSSR count). The molecule has 0 saturated heterocycles. The van der Waals surface area contributed by atoms with Gasteiger partial charge < -0.3 is 25.3 Å². The summed E-state index contributed by atoms with van der Waals surface area (Å²) in [5.74, 6) is 0.934. The van der Waals surface area contributed by atoms with E-state index in [1.807, 2.05) is 13.0 Å². The summed E-state index contributed by atoms with van der Waals surface area (Å²) in [5, 5.41) is 2.78. The van der Waals surface area contributed by atoms with Gasteiger partial charge in [-0.2, -0.15) is 0 Å². The van der Waals surface area contributed by atoms with Gasteiger partial charge in [0.25, 0.3) is 5.91 Å². The van der Waals surface area contributed by atoms with Gasteiger partial charge in [0.15, 0.2) is 11.5 Å². The average Bonchev–Trinajstić information content (AvgIpc) is 2.55. The number of nitrogen functional groups attached to an aromatic ring is 1. The smallest absolute Gasteiger partial charge is 0.255 e. The van der Waals surface area contributed by atoms with Crippen molar-refractivity contribution in [1.82, 2.24) is 0 Å². The third-order valence-electron chi connectivity index (χ3n) is 3.38. The van der Waals surface area contributed by atoms with E-state index in [0.717, 1.165) is 5.56 Å². The maximum atomic E-state index is 12.5. The number of ether oxygens (including phenoxy) is 3. The number of hydrogen-bond donors (Lipinski definition) is 2. The first kappa shape index (κ1) is 16.5. The number of carbonyl (C=O) groups excluding carboxylic acids is 1. The highest BCUT2D eigenvalue weighted by atomic mass is 16.5. The molecule has 0 saturated carbocycles. The number of aryl methyl sites for hydroxylation is 1. The minimum Gasteiger partial charge on any atom is -0.493 e. The molecule has 122 valence electrons. The molecular weight excluding hydrogens is 296 g/mol. The fourth-order valence-corrected chi connectivity index (χ4v) is 2.20. The van der Waals surface area contributed by atoms with Crippen LogP contribution in [0.25, 0.3) is 0 Å². The first-order valence-corrected chi connectivity index (χ1v) is 6.97. The molecule has 0 radical (unpaired) electrons. The second-order valence-corrected chi connectivity index (χ2v) is 4.96. The molecule has 23 heavy (non-hydrogen) atoms. The first-order valence-electron chi connectivity index (χ1n) is 6.97. The van der Waals surface area contributed by atoms with Crippen LogP contribution in [0.4, 0.5) is 11.4 Å². The standard InChI is InChI=1S/C17H20N2O4/c1-10-5-6-13(12(18)7-10)19-17(20)11-8-14(21-2)16(23-4)15(9-11)22-3/h5-9H,18H2,1-4H3,(H,19,20). The van der Waals surface area contributed by atoms with Crippen LogP contribution in [0.15, 0.2) is 30.3 Å². The number of nitrogens with one attached hydrogen (secondary N) is 1. The van der Waals surface area contributed by atoms with Crippen LogP contribution in [-0.4, -0.2) is 27.2 Å². The van der Waals surface area contributed by atoms with Crippen molar-refractivity contribution in [2.24, 2.45) is 0 Å². The Bertz CT molecular complexity index is 704. The van der Waals surface area contributed by atoms with E-state index < -0.39 is 0 Å². The van der Waals surface area contributed by atoms with Crippen LogP contribution in [0.5, 0.6) is 17.2 Å². The molecule has 0 bridgehead atoms. The Balaban J connectivity index is 2.35. The Morgan fingerprint density at radius 3 is 2.09 bits per heavy atom. The minimum absolute atomic E-state index is 0.320. The van der Waals surface area contributed by atoms with Crippen LogP contribution in [-0.2, 0) is 0 Å². The van der Waals surface area contributed by atoms with Crippen LogP contribution >= 0.6 is 0 Å². The van der Waals surface area contributed by atoms with Crippen molar-refractivity contribution >= 4 is 17.3 Å². The molecule has 0 aliphatic heterocycles. The molecule has 6 nitrogen and oxygen atoms in total. The zero-order chi connectivity index (χ0) is 17.0. The van der Waals surface area contributed by atoms with Gasteiger partial charge in [0.2, 0.25) is 5.75 Å². The topological polar surface area (TPSA) is 82.8 Å². The fourth-order valence-electron chi connectivity index (χ4n) is 2.20. The lowest BCUT2D eigenvalue weighted by molar-refractivity contribution is 0.102. The summed E-state index contributed by atoms with van der Waals surface area (Å²) in [6.07, 6.45) is 0. The van der Waals surface area contributed by atoms with Crippen molar-refractivity contribution in [3.8, 4) is 17.2 Å². The quantitative estimate of drug-likeness (QED) is 0.829. The monoisotopic (exact) mass is 316 g/mol. The van der Waals surface area contributed by atoms with Gasteiger partial charge >= 0.3 is 0 Å². The molecule has 1 amide bonds. The molecule has 0 atom stereocenters. The van der Waals surface area contributed by atoms with Gasteiger partial charge in [-0.25, -0.2) is 0 Å². The molecule has 0 aromatic heterocycles. The number of amides is 1. The number of nitrogens with two attached hydrogens (primary N) is 1. The predicted molar refractivity (Wildman–Crippen MR) is 89.6 cm³/mol. The summed E-state index contributed by atoms with van der Waals surface area (Å²) in [5.41, 5.74) is 8.37. The van der Waals surface area contributed by atoms with Crippen molar-refractivity contribution in [3.05, 3.63) is 41.5 Å². The van der Waals surface area contributed by atoms with Gasteiger partial charge in [0.05, 0.1) is 32.7 Å². The van der Waals surface area contributed by atoms with E-state index in [1.165, 1.54) is 21.3 Å². The number of rotatable bonds is 5. The molecule has 3 N–H and O–H groups in total. The van der Waals surface area contributed by atoms with Gasteiger partial charge in [0, 0.05) is 5.56 Å². The van der Waals surface area contributed by atoms with E-state index in [-0.39, 0.29) is 5.91 Å². The number of carbonyl (C=O) groups is 1. The lowest BCUT2D eigenvalue weighted by atomic mass is 10.1. The summed E-state index contributed by atoms with van der Waals surface area (Å²) >= 11 is 0. The molecule has 0 aliphatic rings. The SMILES string of the molecule is COc1cc(C(=O)Nc2ccc(C)cc2N)cc(OC)c1OC. The molecule has 0 aliphatic carbocycles. The third kappa shape index (κ3) is 3.48. The van der Waals surface area contributed by atoms with Crippen LogP contribution in [0.3, 0.4) is 0 Å². The summed E-state index contributed by atoms with van der Waals surface area (Å²) in [6, 6.07) is 8.61. The number of benzene rings is 2. The van der Waals surface area contributed by atoms with Crippen molar-refractivity contribution in [2.45, 2.75) is 6.92 Å². The van der Waals surface area contributed by atoms with Crippen LogP contribution < -0.4 is 25.3 Å². The summed E-state index contributed by atoms with van der Waals surface area (Å²) in [6.45, 7) is 1.93. The Labute approximate surface area is 135 Å². The van der Waals surface area contributed by atoms with E-state index >= 15 is 0 Å². The maximum Gasteiger partial charge on any atom is 0.255 e. The van der Waals surface area contributed by atoms with E-state index in [4.69, 9.17) is 19.9 Å². The highest BCUT2D eigenvalue weighted by molar-refractivity contribution is 6.06. The van der Waals surface area contributed by atoms with Crippen LogP contribution in [0.2, 0.25) is 0 Å². The van der Waals surface area contributed by atoms with Gasteiger partial charge in [-0.15, -0.1) is 0 Å². The lowest BCUT2D eigenvalue weighted by Crippen LogP contribution is -2.14. The summed E-state index contributed by atoms with van der Waals surface area (Å²) < 4.78 is 15.7. The minimum atomic E-state index is -0.320. The summed E-state index contributed by atoms with van der Waals surface area (Å²) in [7, 11) is 4.50. The predicted octanol–water partition coefficient (Wildman–Crippen LogP) is 2.86. The maximum absolute atomic E-state index is 12.5. The van der Waals surface area contributed by atoms with Crippen molar-refractivity contribution < 1.29 is 19.0 Å². The normalized spacial score (nSPS) is 10.1. The van der Waals surface area contributed by atoms with Crippen LogP contribution in [0, 0.1) is 6.92 Å². The van der Waals surface area contributed by atoms with Gasteiger partial charge in [-0.05, 0) is 36.8 Å². The van der Waals surface area contributed by atoms with Gasteiger partial charge in [0.1, 0.15) is 0 Å².